The summed E-state index contributed by atoms with van der Waals surface area (Å²) in [5, 5.41) is 8.66. The van der Waals surface area contributed by atoms with Crippen LogP contribution in [0.5, 0.6) is 0 Å². The Hall–Kier alpha value is -1.06. The van der Waals surface area contributed by atoms with Crippen molar-refractivity contribution in [3.63, 3.8) is 0 Å². The van der Waals surface area contributed by atoms with E-state index in [9.17, 15) is 9.59 Å². The van der Waals surface area contributed by atoms with Crippen LogP contribution in [0.1, 0.15) is 123 Å². The molecule has 1 atom stereocenters. The number of carboxylic acids is 1. The molecule has 0 aliphatic rings. The SMILES string of the molecule is CCCCCCCC(CCCCCCC(=O)O)OC(=O)CCCCCC. The first kappa shape index (κ1) is 24.9. The molecule has 0 heterocycles. The average molecular weight is 371 g/mol. The Labute approximate surface area is 161 Å². The van der Waals surface area contributed by atoms with Crippen molar-refractivity contribution < 1.29 is 19.4 Å². The van der Waals surface area contributed by atoms with Crippen molar-refractivity contribution in [2.45, 2.75) is 129 Å². The number of esters is 1. The summed E-state index contributed by atoms with van der Waals surface area (Å²) >= 11 is 0. The molecule has 0 aromatic rings. The Kier molecular flexibility index (Phi) is 18.0. The van der Waals surface area contributed by atoms with E-state index in [4.69, 9.17) is 9.84 Å². The second kappa shape index (κ2) is 18.7. The molecular formula is C22H42O4. The minimum atomic E-state index is -0.716. The fraction of sp³-hybridized carbons (Fsp3) is 0.909. The van der Waals surface area contributed by atoms with Gasteiger partial charge in [0.1, 0.15) is 6.10 Å². The highest BCUT2D eigenvalue weighted by Crippen LogP contribution is 2.17. The first-order valence-corrected chi connectivity index (χ1v) is 11.0. The third-order valence-electron chi connectivity index (χ3n) is 4.83. The summed E-state index contributed by atoms with van der Waals surface area (Å²) in [5.41, 5.74) is 0. The summed E-state index contributed by atoms with van der Waals surface area (Å²) in [4.78, 5) is 22.6. The highest BCUT2D eigenvalue weighted by atomic mass is 16.5. The van der Waals surface area contributed by atoms with Gasteiger partial charge in [-0.25, -0.2) is 0 Å². The number of ether oxygens (including phenoxy) is 1. The van der Waals surface area contributed by atoms with Gasteiger partial charge in [-0.15, -0.1) is 0 Å². The van der Waals surface area contributed by atoms with E-state index in [1.807, 2.05) is 0 Å². The maximum Gasteiger partial charge on any atom is 0.306 e. The predicted molar refractivity (Wildman–Crippen MR) is 107 cm³/mol. The molecule has 0 aliphatic heterocycles. The fourth-order valence-electron chi connectivity index (χ4n) is 3.18. The zero-order valence-electron chi connectivity index (χ0n) is 17.3. The molecule has 0 fully saturated rings. The number of aliphatic carboxylic acids is 1. The molecule has 4 nitrogen and oxygen atoms in total. The van der Waals surface area contributed by atoms with Crippen LogP contribution in [0.15, 0.2) is 0 Å². The molecule has 0 aromatic carbocycles. The average Bonchev–Trinajstić information content (AvgIpc) is 2.61. The van der Waals surface area contributed by atoms with Crippen molar-refractivity contribution in [3.05, 3.63) is 0 Å². The van der Waals surface area contributed by atoms with Crippen molar-refractivity contribution in [1.82, 2.24) is 0 Å². The summed E-state index contributed by atoms with van der Waals surface area (Å²) < 4.78 is 5.75. The monoisotopic (exact) mass is 370 g/mol. The van der Waals surface area contributed by atoms with Crippen LogP contribution in [0.4, 0.5) is 0 Å². The lowest BCUT2D eigenvalue weighted by Gasteiger charge is -2.18. The molecule has 0 aliphatic carbocycles. The topological polar surface area (TPSA) is 63.6 Å². The standard InChI is InChI=1S/C22H42O4/c1-3-5-7-9-12-16-20(17-13-10-11-14-18-21(23)24)26-22(25)19-15-8-6-4-2/h20H,3-19H2,1-2H3,(H,23,24). The Morgan fingerprint density at radius 2 is 1.15 bits per heavy atom. The summed E-state index contributed by atoms with van der Waals surface area (Å²) in [6, 6.07) is 0. The van der Waals surface area contributed by atoms with Gasteiger partial charge < -0.3 is 9.84 Å². The number of carbonyl (C=O) groups excluding carboxylic acids is 1. The van der Waals surface area contributed by atoms with E-state index in [1.54, 1.807) is 0 Å². The van der Waals surface area contributed by atoms with Crippen molar-refractivity contribution in [1.29, 1.82) is 0 Å². The van der Waals surface area contributed by atoms with E-state index in [1.165, 1.54) is 38.5 Å². The van der Waals surface area contributed by atoms with Crippen molar-refractivity contribution >= 4 is 11.9 Å². The van der Waals surface area contributed by atoms with Gasteiger partial charge >= 0.3 is 11.9 Å². The van der Waals surface area contributed by atoms with E-state index in [0.29, 0.717) is 6.42 Å². The molecule has 1 unspecified atom stereocenters. The van der Waals surface area contributed by atoms with E-state index < -0.39 is 5.97 Å². The fourth-order valence-corrected chi connectivity index (χ4v) is 3.18. The van der Waals surface area contributed by atoms with Crippen LogP contribution in [0, 0.1) is 0 Å². The van der Waals surface area contributed by atoms with Crippen LogP contribution in [-0.4, -0.2) is 23.1 Å². The lowest BCUT2D eigenvalue weighted by Crippen LogP contribution is -2.18. The largest absolute Gasteiger partial charge is 0.481 e. The summed E-state index contributed by atoms with van der Waals surface area (Å²) in [5.74, 6) is -0.752. The number of carboxylic acid groups (broad SMARTS) is 1. The van der Waals surface area contributed by atoms with Crippen LogP contribution in [0.3, 0.4) is 0 Å². The molecule has 26 heavy (non-hydrogen) atoms. The molecule has 0 rings (SSSR count). The van der Waals surface area contributed by atoms with E-state index in [2.05, 4.69) is 13.8 Å². The minimum Gasteiger partial charge on any atom is -0.481 e. The molecule has 0 aromatic heterocycles. The highest BCUT2D eigenvalue weighted by molar-refractivity contribution is 5.69. The number of unbranched alkanes of at least 4 members (excludes halogenated alkanes) is 10. The van der Waals surface area contributed by atoms with Gasteiger partial charge in [0, 0.05) is 12.8 Å². The van der Waals surface area contributed by atoms with Gasteiger partial charge in [0.15, 0.2) is 0 Å². The van der Waals surface area contributed by atoms with E-state index >= 15 is 0 Å². The van der Waals surface area contributed by atoms with Crippen LogP contribution >= 0.6 is 0 Å². The first-order chi connectivity index (χ1) is 12.6. The number of hydrogen-bond acceptors (Lipinski definition) is 3. The summed E-state index contributed by atoms with van der Waals surface area (Å²) in [6.07, 6.45) is 17.0. The molecule has 0 amide bonds. The molecular weight excluding hydrogens is 328 g/mol. The first-order valence-electron chi connectivity index (χ1n) is 11.0. The van der Waals surface area contributed by atoms with Gasteiger partial charge in [-0.3, -0.25) is 9.59 Å². The Morgan fingerprint density at radius 3 is 1.69 bits per heavy atom. The van der Waals surface area contributed by atoms with Crippen LogP contribution in [0.25, 0.3) is 0 Å². The summed E-state index contributed by atoms with van der Waals surface area (Å²) in [7, 11) is 0. The van der Waals surface area contributed by atoms with Gasteiger partial charge in [-0.1, -0.05) is 71.6 Å². The van der Waals surface area contributed by atoms with Crippen molar-refractivity contribution in [2.75, 3.05) is 0 Å². The van der Waals surface area contributed by atoms with Gasteiger partial charge in [-0.05, 0) is 38.5 Å². The van der Waals surface area contributed by atoms with Gasteiger partial charge in [-0.2, -0.15) is 0 Å². The molecule has 0 spiro atoms. The second-order valence-corrected chi connectivity index (χ2v) is 7.47. The summed E-state index contributed by atoms with van der Waals surface area (Å²) in [6.45, 7) is 4.39. The third-order valence-corrected chi connectivity index (χ3v) is 4.83. The van der Waals surface area contributed by atoms with E-state index in [-0.39, 0.29) is 18.5 Å². The number of carbonyl (C=O) groups is 2. The van der Waals surface area contributed by atoms with Gasteiger partial charge in [0.2, 0.25) is 0 Å². The Morgan fingerprint density at radius 1 is 0.692 bits per heavy atom. The normalized spacial score (nSPS) is 12.1. The van der Waals surface area contributed by atoms with E-state index in [0.717, 1.165) is 57.8 Å². The lowest BCUT2D eigenvalue weighted by atomic mass is 10.0. The highest BCUT2D eigenvalue weighted by Gasteiger charge is 2.14. The maximum absolute atomic E-state index is 12.1. The predicted octanol–water partition coefficient (Wildman–Crippen LogP) is 6.65. The number of hydrogen-bond donors (Lipinski definition) is 1. The van der Waals surface area contributed by atoms with Gasteiger partial charge in [0.25, 0.3) is 0 Å². The second-order valence-electron chi connectivity index (χ2n) is 7.47. The molecule has 0 radical (unpaired) electrons. The van der Waals surface area contributed by atoms with Crippen LogP contribution < -0.4 is 0 Å². The molecule has 154 valence electrons. The van der Waals surface area contributed by atoms with Gasteiger partial charge in [0.05, 0.1) is 0 Å². The quantitative estimate of drug-likeness (QED) is 0.204. The molecule has 0 saturated carbocycles. The lowest BCUT2D eigenvalue weighted by molar-refractivity contribution is -0.150. The third kappa shape index (κ3) is 17.8. The Bertz CT molecular complexity index is 341. The van der Waals surface area contributed by atoms with Crippen molar-refractivity contribution in [2.24, 2.45) is 0 Å². The molecule has 0 bridgehead atoms. The van der Waals surface area contributed by atoms with Crippen molar-refractivity contribution in [3.8, 4) is 0 Å². The Balaban J connectivity index is 4.02. The minimum absolute atomic E-state index is 0.0365. The molecule has 4 heteroatoms. The molecule has 1 N–H and O–H groups in total. The maximum atomic E-state index is 12.1. The van der Waals surface area contributed by atoms with Crippen LogP contribution in [-0.2, 0) is 14.3 Å². The zero-order chi connectivity index (χ0) is 19.5. The van der Waals surface area contributed by atoms with Crippen LogP contribution in [0.2, 0.25) is 0 Å². The zero-order valence-corrected chi connectivity index (χ0v) is 17.3. The molecule has 0 saturated heterocycles. The smallest absolute Gasteiger partial charge is 0.306 e. The number of rotatable bonds is 19.